The van der Waals surface area contributed by atoms with Crippen LogP contribution in [0.2, 0.25) is 0 Å². The zero-order chi connectivity index (χ0) is 22.8. The molecule has 0 saturated carbocycles. The summed E-state index contributed by atoms with van der Waals surface area (Å²) in [5.41, 5.74) is -6.44. The fourth-order valence-electron chi connectivity index (χ4n) is 3.56. The Hall–Kier alpha value is -4.12. The molecule has 0 aliphatic heterocycles. The Morgan fingerprint density at radius 3 is 1.38 bits per heavy atom. The topological polar surface area (TPSA) is 123 Å². The van der Waals surface area contributed by atoms with Crippen molar-refractivity contribution in [3.8, 4) is 0 Å². The minimum atomic E-state index is -6.00. The second kappa shape index (κ2) is 6.20. The quantitative estimate of drug-likeness (QED) is 0.410. The first-order valence-electron chi connectivity index (χ1n) is 8.46. The highest BCUT2D eigenvalue weighted by molar-refractivity contribution is 5.83. The van der Waals surface area contributed by atoms with Crippen LogP contribution in [0.1, 0.15) is 0 Å². The smallest absolute Gasteiger partial charge is 0.223 e. The van der Waals surface area contributed by atoms with E-state index < -0.39 is 34.8 Å². The molecule has 0 fully saturated rings. The van der Waals surface area contributed by atoms with E-state index in [1.165, 1.54) is 0 Å². The summed E-state index contributed by atoms with van der Waals surface area (Å²) in [5, 5.41) is 14.3. The molecule has 5 rings (SSSR count). The fraction of sp³-hybridized carbons (Fsp3) is 0.286. The summed E-state index contributed by atoms with van der Waals surface area (Å²) in [6, 6.07) is 0. The van der Waals surface area contributed by atoms with Gasteiger partial charge in [0.05, 0.1) is 0 Å². The van der Waals surface area contributed by atoms with E-state index >= 15 is 26.3 Å². The van der Waals surface area contributed by atoms with Gasteiger partial charge in [0.1, 0.15) is 62.0 Å². The van der Waals surface area contributed by atoms with Crippen molar-refractivity contribution in [3.63, 3.8) is 0 Å². The molecule has 0 amide bonds. The first-order chi connectivity index (χ1) is 15.2. The molecule has 4 aromatic heterocycles. The molecule has 12 nitrogen and oxygen atoms in total. The minimum absolute atomic E-state index is 0.239. The molecule has 0 aromatic carbocycles. The molecule has 1 aliphatic carbocycles. The van der Waals surface area contributed by atoms with Crippen molar-refractivity contribution in [1.82, 2.24) is 59.1 Å². The van der Waals surface area contributed by atoms with Crippen molar-refractivity contribution in [2.75, 3.05) is 0 Å². The van der Waals surface area contributed by atoms with Gasteiger partial charge < -0.3 is 0 Å². The number of halogens is 6. The maximum Gasteiger partial charge on any atom is 0.383 e. The van der Waals surface area contributed by atoms with Gasteiger partial charge in [-0.3, -0.25) is 0 Å². The molecule has 1 aliphatic rings. The van der Waals surface area contributed by atoms with Crippen LogP contribution in [0.4, 0.5) is 26.3 Å². The Morgan fingerprint density at radius 2 is 0.969 bits per heavy atom. The van der Waals surface area contributed by atoms with E-state index in [2.05, 4.69) is 40.3 Å². The number of hydrogen-bond donors (Lipinski definition) is 0. The largest absolute Gasteiger partial charge is 0.383 e. The van der Waals surface area contributed by atoms with E-state index in [0.29, 0.717) is 23.7 Å². The summed E-state index contributed by atoms with van der Waals surface area (Å²) in [5.74, 6) is -17.1. The fourth-order valence-corrected chi connectivity index (χ4v) is 3.56. The lowest BCUT2D eigenvalue weighted by molar-refractivity contribution is -0.328. The van der Waals surface area contributed by atoms with Crippen LogP contribution >= 0.6 is 0 Å². The molecule has 0 saturated heterocycles. The number of alkyl halides is 6. The number of rotatable bonds is 4. The lowest BCUT2D eigenvalue weighted by atomic mass is 9.80. The van der Waals surface area contributed by atoms with Crippen molar-refractivity contribution < 1.29 is 26.3 Å². The van der Waals surface area contributed by atoms with Gasteiger partial charge in [-0.2, -0.15) is 46.7 Å². The summed E-state index contributed by atoms with van der Waals surface area (Å²) >= 11 is 0. The molecule has 166 valence electrons. The molecule has 4 heterocycles. The second-order valence-corrected chi connectivity index (χ2v) is 6.45. The Morgan fingerprint density at radius 1 is 0.531 bits per heavy atom. The third kappa shape index (κ3) is 2.12. The Balaban J connectivity index is 2.08. The second-order valence-electron chi connectivity index (χ2n) is 6.45. The van der Waals surface area contributed by atoms with E-state index in [4.69, 9.17) is 0 Å². The molecule has 0 bridgehead atoms. The third-order valence-corrected chi connectivity index (χ3v) is 4.87. The van der Waals surface area contributed by atoms with Gasteiger partial charge in [-0.15, -0.1) is 0 Å². The van der Waals surface area contributed by atoms with Crippen LogP contribution in [-0.2, 0) is 5.66 Å². The maximum absolute atomic E-state index is 15.8. The Kier molecular flexibility index (Phi) is 3.84. The van der Waals surface area contributed by atoms with Crippen molar-refractivity contribution in [2.45, 2.75) is 23.4 Å². The maximum atomic E-state index is 15.8. The van der Waals surface area contributed by atoms with Crippen molar-refractivity contribution >= 4 is 11.4 Å². The highest BCUT2D eigenvalue weighted by atomic mass is 19.3. The van der Waals surface area contributed by atoms with Gasteiger partial charge in [0.15, 0.2) is 0 Å². The molecule has 32 heavy (non-hydrogen) atoms. The summed E-state index contributed by atoms with van der Waals surface area (Å²) < 4.78 is 93.7. The number of hydrogen-bond acceptors (Lipinski definition) is 8. The van der Waals surface area contributed by atoms with Crippen LogP contribution in [0, 0.1) is 0 Å². The first-order valence-corrected chi connectivity index (χ1v) is 8.46. The Labute approximate surface area is 171 Å². The van der Waals surface area contributed by atoms with Crippen LogP contribution in [-0.4, -0.2) is 76.8 Å². The number of aromatic nitrogens is 12. The zero-order valence-corrected chi connectivity index (χ0v) is 15.3. The summed E-state index contributed by atoms with van der Waals surface area (Å²) in [6.45, 7) is 0. The predicted octanol–water partition coefficient (Wildman–Crippen LogP) is 0.699. The van der Waals surface area contributed by atoms with Crippen LogP contribution in [0.5, 0.6) is 0 Å². The van der Waals surface area contributed by atoms with E-state index in [9.17, 15) is 0 Å². The molecule has 0 spiro atoms. The SMILES string of the molecule is FC1(F)C(n2cncn2)=C(n2cncn2)C(n2cncn2)(n2cncn2)C(F)(F)C1(F)F. The molecule has 4 aromatic rings. The van der Waals surface area contributed by atoms with Gasteiger partial charge in [0, 0.05) is 0 Å². The molecule has 0 N–H and O–H groups in total. The molecule has 0 radical (unpaired) electrons. The Bertz CT molecular complexity index is 1210. The average molecular weight is 458 g/mol. The predicted molar refractivity (Wildman–Crippen MR) is 87.7 cm³/mol. The summed E-state index contributed by atoms with van der Waals surface area (Å²) in [7, 11) is 0. The van der Waals surface area contributed by atoms with Crippen LogP contribution in [0.15, 0.2) is 50.6 Å². The van der Waals surface area contributed by atoms with E-state index in [1.807, 2.05) is 0 Å². The van der Waals surface area contributed by atoms with Gasteiger partial charge in [-0.05, 0) is 0 Å². The normalized spacial score (nSPS) is 21.1. The van der Waals surface area contributed by atoms with Gasteiger partial charge >= 0.3 is 17.8 Å². The van der Waals surface area contributed by atoms with E-state index in [-0.39, 0.29) is 14.0 Å². The van der Waals surface area contributed by atoms with Crippen molar-refractivity contribution in [3.05, 3.63) is 50.6 Å². The van der Waals surface area contributed by atoms with Crippen LogP contribution in [0.25, 0.3) is 11.4 Å². The lowest BCUT2D eigenvalue weighted by Crippen LogP contribution is -2.73. The van der Waals surface area contributed by atoms with Crippen LogP contribution in [0.3, 0.4) is 0 Å². The zero-order valence-electron chi connectivity index (χ0n) is 15.3. The van der Waals surface area contributed by atoms with Crippen LogP contribution < -0.4 is 0 Å². The number of nitrogens with zero attached hydrogens (tertiary/aromatic N) is 12. The molecular weight excluding hydrogens is 450 g/mol. The molecule has 0 atom stereocenters. The van der Waals surface area contributed by atoms with Gasteiger partial charge in [-0.1, -0.05) is 0 Å². The van der Waals surface area contributed by atoms with Crippen molar-refractivity contribution in [2.24, 2.45) is 0 Å². The van der Waals surface area contributed by atoms with Gasteiger partial charge in [0.25, 0.3) is 5.66 Å². The molecule has 18 heteroatoms. The summed E-state index contributed by atoms with van der Waals surface area (Å²) in [4.78, 5) is 14.1. The van der Waals surface area contributed by atoms with Gasteiger partial charge in [0.2, 0.25) is 0 Å². The first kappa shape index (κ1) is 19.8. The number of allylic oxidation sites excluding steroid dienone is 2. The third-order valence-electron chi connectivity index (χ3n) is 4.87. The molecular formula is C14H8F6N12. The standard InChI is InChI=1S/C14H8F6N12/c15-11(16)9(29-5-21-1-25-29)10(30-6-22-2-26-30)12(31-7-23-3-27-31,32-8-24-4-28-32)14(19,20)13(11,17)18/h1-8H. The summed E-state index contributed by atoms with van der Waals surface area (Å²) in [6.07, 6.45) is 5.82. The molecule has 0 unspecified atom stereocenters. The van der Waals surface area contributed by atoms with Gasteiger partial charge in [-0.25, -0.2) is 38.7 Å². The van der Waals surface area contributed by atoms with E-state index in [1.54, 1.807) is 0 Å². The monoisotopic (exact) mass is 458 g/mol. The van der Waals surface area contributed by atoms with E-state index in [0.717, 1.165) is 31.6 Å². The highest BCUT2D eigenvalue weighted by Crippen LogP contribution is 2.64. The average Bonchev–Trinajstić information content (AvgIpc) is 3.55. The lowest BCUT2D eigenvalue weighted by Gasteiger charge is -2.49. The highest BCUT2D eigenvalue weighted by Gasteiger charge is 2.87. The van der Waals surface area contributed by atoms with Crippen molar-refractivity contribution in [1.29, 1.82) is 0 Å². The minimum Gasteiger partial charge on any atom is -0.223 e.